The summed E-state index contributed by atoms with van der Waals surface area (Å²) in [5.74, 6) is 1.01. The smallest absolute Gasteiger partial charge is 0.313 e. The fraction of sp³-hybridized carbons (Fsp3) is 0.583. The topological polar surface area (TPSA) is 90.3 Å². The molecule has 2 fully saturated rings. The van der Waals surface area contributed by atoms with Gasteiger partial charge in [-0.1, -0.05) is 5.10 Å². The third-order valence-corrected chi connectivity index (χ3v) is 4.77. The van der Waals surface area contributed by atoms with E-state index in [0.29, 0.717) is 11.8 Å². The summed E-state index contributed by atoms with van der Waals surface area (Å²) >= 11 is 1.73. The minimum Gasteiger partial charge on any atom is -0.402 e. The van der Waals surface area contributed by atoms with Crippen LogP contribution in [0.1, 0.15) is 23.8 Å². The van der Waals surface area contributed by atoms with Crippen molar-refractivity contribution in [1.29, 1.82) is 0 Å². The maximum absolute atomic E-state index is 5.53. The molecule has 2 aliphatic rings. The number of hydrogen-bond donors (Lipinski definition) is 1. The van der Waals surface area contributed by atoms with Gasteiger partial charge in [0.05, 0.1) is 18.2 Å². The lowest BCUT2D eigenvalue weighted by Crippen LogP contribution is -2.35. The summed E-state index contributed by atoms with van der Waals surface area (Å²) in [5.41, 5.74) is 6.29. The molecule has 1 saturated heterocycles. The summed E-state index contributed by atoms with van der Waals surface area (Å²) in [5, 5.41) is 9.97. The Balaban J connectivity index is 1.74. The average molecular weight is 293 g/mol. The van der Waals surface area contributed by atoms with Crippen molar-refractivity contribution in [3.05, 3.63) is 5.01 Å². The zero-order valence-electron chi connectivity index (χ0n) is 10.9. The molecule has 1 aliphatic carbocycles. The molecule has 0 radical (unpaired) electrons. The first kappa shape index (κ1) is 12.1. The van der Waals surface area contributed by atoms with Crippen LogP contribution >= 0.6 is 11.3 Å². The first-order valence-electron chi connectivity index (χ1n) is 6.74. The van der Waals surface area contributed by atoms with Crippen LogP contribution in [0.2, 0.25) is 0 Å². The number of hydrogen-bond acceptors (Lipinski definition) is 8. The zero-order valence-corrected chi connectivity index (χ0v) is 11.7. The van der Waals surface area contributed by atoms with Crippen LogP contribution in [0.15, 0.2) is 4.42 Å². The SMILES string of the molecule is Nc1nnc(-c2nc(C3CC3)sc2N2CCOCC2)o1. The van der Waals surface area contributed by atoms with E-state index in [-0.39, 0.29) is 6.01 Å². The van der Waals surface area contributed by atoms with Crippen molar-refractivity contribution in [1.82, 2.24) is 15.2 Å². The lowest BCUT2D eigenvalue weighted by Gasteiger charge is -2.27. The molecular weight excluding hydrogens is 278 g/mol. The van der Waals surface area contributed by atoms with Crippen LogP contribution < -0.4 is 10.6 Å². The minimum absolute atomic E-state index is 0.0777. The van der Waals surface area contributed by atoms with Gasteiger partial charge in [0.2, 0.25) is 0 Å². The van der Waals surface area contributed by atoms with Crippen molar-refractivity contribution in [2.24, 2.45) is 0 Å². The van der Waals surface area contributed by atoms with Gasteiger partial charge >= 0.3 is 6.01 Å². The van der Waals surface area contributed by atoms with Gasteiger partial charge in [0.25, 0.3) is 5.89 Å². The van der Waals surface area contributed by atoms with Crippen molar-refractivity contribution in [3.63, 3.8) is 0 Å². The molecule has 1 aliphatic heterocycles. The van der Waals surface area contributed by atoms with Crippen LogP contribution in [0, 0.1) is 0 Å². The molecule has 0 spiro atoms. The van der Waals surface area contributed by atoms with Gasteiger partial charge in [-0.25, -0.2) is 4.98 Å². The predicted molar refractivity (Wildman–Crippen MR) is 74.8 cm³/mol. The normalized spacial score (nSPS) is 19.5. The van der Waals surface area contributed by atoms with Crippen molar-refractivity contribution in [3.8, 4) is 11.6 Å². The molecule has 2 aromatic heterocycles. The number of nitrogen functional groups attached to an aromatic ring is 1. The maximum Gasteiger partial charge on any atom is 0.313 e. The molecule has 2 aromatic rings. The standard InChI is InChI=1S/C12H15N5O2S/c13-12-16-15-9(19-12)8-11(17-3-5-18-6-4-17)20-10(14-8)7-1-2-7/h7H,1-6H2,(H2,13,16). The second-order valence-electron chi connectivity index (χ2n) is 5.03. The summed E-state index contributed by atoms with van der Waals surface area (Å²) in [7, 11) is 0. The molecule has 4 rings (SSSR count). The highest BCUT2D eigenvalue weighted by Crippen LogP contribution is 2.47. The van der Waals surface area contributed by atoms with Gasteiger partial charge in [-0.2, -0.15) is 0 Å². The Morgan fingerprint density at radius 3 is 2.65 bits per heavy atom. The van der Waals surface area contributed by atoms with Crippen molar-refractivity contribution >= 4 is 22.4 Å². The van der Waals surface area contributed by atoms with Crippen LogP contribution in [0.25, 0.3) is 11.6 Å². The number of anilines is 2. The minimum atomic E-state index is 0.0777. The summed E-state index contributed by atoms with van der Waals surface area (Å²) < 4.78 is 10.8. The Bertz CT molecular complexity index is 615. The number of ether oxygens (including phenoxy) is 1. The summed E-state index contributed by atoms with van der Waals surface area (Å²) in [4.78, 5) is 7.00. The van der Waals surface area contributed by atoms with Crippen molar-refractivity contribution in [2.45, 2.75) is 18.8 Å². The van der Waals surface area contributed by atoms with Gasteiger partial charge in [0.1, 0.15) is 5.00 Å². The van der Waals surface area contributed by atoms with Gasteiger partial charge in [-0.15, -0.1) is 16.4 Å². The monoisotopic (exact) mass is 293 g/mol. The molecule has 0 unspecified atom stereocenters. The lowest BCUT2D eigenvalue weighted by atomic mass is 10.3. The third kappa shape index (κ3) is 2.14. The molecule has 0 amide bonds. The summed E-state index contributed by atoms with van der Waals surface area (Å²) in [6.07, 6.45) is 2.45. The number of nitrogens with zero attached hydrogens (tertiary/aromatic N) is 4. The number of aromatic nitrogens is 3. The van der Waals surface area contributed by atoms with E-state index in [1.165, 1.54) is 17.8 Å². The van der Waals surface area contributed by atoms with E-state index in [1.54, 1.807) is 11.3 Å². The second kappa shape index (κ2) is 4.71. The zero-order chi connectivity index (χ0) is 13.5. The lowest BCUT2D eigenvalue weighted by molar-refractivity contribution is 0.123. The molecule has 106 valence electrons. The first-order chi connectivity index (χ1) is 9.81. The largest absolute Gasteiger partial charge is 0.402 e. The van der Waals surface area contributed by atoms with Crippen LogP contribution in [-0.4, -0.2) is 41.5 Å². The highest BCUT2D eigenvalue weighted by atomic mass is 32.1. The predicted octanol–water partition coefficient (Wildman–Crippen LogP) is 1.49. The van der Waals surface area contributed by atoms with Crippen LogP contribution in [-0.2, 0) is 4.74 Å². The molecule has 2 N–H and O–H groups in total. The second-order valence-corrected chi connectivity index (χ2v) is 6.03. The molecule has 8 heteroatoms. The van der Waals surface area contributed by atoms with E-state index in [0.717, 1.165) is 37.0 Å². The van der Waals surface area contributed by atoms with Crippen LogP contribution in [0.3, 0.4) is 0 Å². The van der Waals surface area contributed by atoms with Gasteiger partial charge in [0.15, 0.2) is 5.69 Å². The Kier molecular flexibility index (Phi) is 2.85. The molecule has 1 saturated carbocycles. The van der Waals surface area contributed by atoms with Gasteiger partial charge in [-0.05, 0) is 12.8 Å². The molecule has 3 heterocycles. The third-order valence-electron chi connectivity index (χ3n) is 3.49. The Morgan fingerprint density at radius 1 is 1.20 bits per heavy atom. The van der Waals surface area contributed by atoms with Crippen molar-refractivity contribution < 1.29 is 9.15 Å². The van der Waals surface area contributed by atoms with E-state index in [9.17, 15) is 0 Å². The molecule has 0 atom stereocenters. The van der Waals surface area contributed by atoms with Gasteiger partial charge < -0.3 is 19.8 Å². The van der Waals surface area contributed by atoms with Gasteiger partial charge in [0, 0.05) is 19.0 Å². The average Bonchev–Trinajstić information content (AvgIpc) is 3.08. The number of nitrogens with two attached hydrogens (primary N) is 1. The molecule has 7 nitrogen and oxygen atoms in total. The van der Waals surface area contributed by atoms with Gasteiger partial charge in [-0.3, -0.25) is 0 Å². The quantitative estimate of drug-likeness (QED) is 0.916. The van der Waals surface area contributed by atoms with E-state index >= 15 is 0 Å². The van der Waals surface area contributed by atoms with E-state index in [4.69, 9.17) is 19.9 Å². The summed E-state index contributed by atoms with van der Waals surface area (Å²) in [6.45, 7) is 3.20. The van der Waals surface area contributed by atoms with Crippen molar-refractivity contribution in [2.75, 3.05) is 36.9 Å². The Hall–Kier alpha value is -1.67. The summed E-state index contributed by atoms with van der Waals surface area (Å²) in [6, 6.07) is 0.0777. The molecular formula is C12H15N5O2S. The molecule has 0 bridgehead atoms. The highest BCUT2D eigenvalue weighted by molar-refractivity contribution is 7.16. The Morgan fingerprint density at radius 2 is 2.00 bits per heavy atom. The van der Waals surface area contributed by atoms with Crippen LogP contribution in [0.4, 0.5) is 11.0 Å². The number of thiazole rings is 1. The highest BCUT2D eigenvalue weighted by Gasteiger charge is 2.31. The first-order valence-corrected chi connectivity index (χ1v) is 7.55. The van der Waals surface area contributed by atoms with Crippen LogP contribution in [0.5, 0.6) is 0 Å². The fourth-order valence-electron chi connectivity index (χ4n) is 2.28. The van der Waals surface area contributed by atoms with E-state index in [1.807, 2.05) is 0 Å². The van der Waals surface area contributed by atoms with E-state index in [2.05, 4.69) is 15.1 Å². The number of rotatable bonds is 3. The molecule has 20 heavy (non-hydrogen) atoms. The number of morpholine rings is 1. The maximum atomic E-state index is 5.53. The molecule has 0 aromatic carbocycles. The Labute approximate surface area is 119 Å². The van der Waals surface area contributed by atoms with E-state index < -0.39 is 0 Å². The fourth-order valence-corrected chi connectivity index (χ4v) is 3.56.